The van der Waals surface area contributed by atoms with Crippen LogP contribution in [-0.2, 0) is 34.4 Å². The molecule has 4 N–H and O–H groups in total. The Morgan fingerprint density at radius 2 is 1.24 bits per heavy atom. The van der Waals surface area contributed by atoms with E-state index in [4.69, 9.17) is 33.2 Å². The summed E-state index contributed by atoms with van der Waals surface area (Å²) in [5.74, 6) is 3.55. The number of fused-ring (bicyclic) bond motifs is 2. The fourth-order valence-corrected chi connectivity index (χ4v) is 10.2. The van der Waals surface area contributed by atoms with Crippen LogP contribution in [0.1, 0.15) is 96.5 Å². The minimum Gasteiger partial charge on any atom is -0.388 e. The monoisotopic (exact) mass is 777 g/mol. The molecular weight excluding hydrogens is 729 g/mol. The molecule has 2 saturated carbocycles. The molecule has 3 fully saturated rings. The lowest BCUT2D eigenvalue weighted by molar-refractivity contribution is 0.0489. The zero-order valence-electron chi connectivity index (χ0n) is 28.9. The molecule has 8 rings (SSSR count). The van der Waals surface area contributed by atoms with E-state index in [1.54, 1.807) is 13.8 Å². The van der Waals surface area contributed by atoms with Gasteiger partial charge in [0.2, 0.25) is 11.2 Å². The van der Waals surface area contributed by atoms with E-state index in [0.29, 0.717) is 52.7 Å². The van der Waals surface area contributed by atoms with Gasteiger partial charge < -0.3 is 25.7 Å². The van der Waals surface area contributed by atoms with Crippen molar-refractivity contribution in [3.8, 4) is 0 Å². The third-order valence-electron chi connectivity index (χ3n) is 11.0. The number of benzene rings is 1. The number of anilines is 3. The van der Waals surface area contributed by atoms with Gasteiger partial charge in [-0.25, -0.2) is 9.97 Å². The molecule has 11 nitrogen and oxygen atoms in total. The van der Waals surface area contributed by atoms with Crippen LogP contribution in [0.3, 0.4) is 0 Å². The number of rotatable bonds is 8. The van der Waals surface area contributed by atoms with Crippen molar-refractivity contribution in [2.75, 3.05) is 40.1 Å². The number of halogens is 2. The molecule has 0 bridgehead atoms. The van der Waals surface area contributed by atoms with Crippen LogP contribution < -0.4 is 15.5 Å². The van der Waals surface area contributed by atoms with Gasteiger partial charge >= 0.3 is 0 Å². The summed E-state index contributed by atoms with van der Waals surface area (Å²) < 4.78 is 24.7. The quantitative estimate of drug-likeness (QED) is 0.198. The number of hydrogen-bond donors (Lipinski definition) is 4. The molecule has 2 unspecified atom stereocenters. The predicted molar refractivity (Wildman–Crippen MR) is 205 cm³/mol. The van der Waals surface area contributed by atoms with Crippen LogP contribution in [0.25, 0.3) is 0 Å². The fraction of sp³-hybridized carbons (Fsp3) is 0.611. The zero-order valence-corrected chi connectivity index (χ0v) is 32.0. The molecule has 2 atom stereocenters. The molecule has 2 aliphatic carbocycles. The first-order valence-electron chi connectivity index (χ1n) is 17.3. The summed E-state index contributed by atoms with van der Waals surface area (Å²) in [4.78, 5) is 21.6. The first-order chi connectivity index (χ1) is 23.6. The van der Waals surface area contributed by atoms with Crippen molar-refractivity contribution >= 4 is 62.4 Å². The van der Waals surface area contributed by atoms with Gasteiger partial charge in [0.25, 0.3) is 0 Å². The SMILES string of the molecule is C.CC(C)(O)C1(Nc2nc(Cl)nc3c2S(=O)CC3)CC1.CC(C)(O)C1(Nc2nc(N3CCC(c4ccc(Cl)cc4)CC3)nc3c2S(=O)CC3)CC1. The van der Waals surface area contributed by atoms with Crippen LogP contribution in [0.2, 0.25) is 10.3 Å². The lowest BCUT2D eigenvalue weighted by Gasteiger charge is -2.34. The van der Waals surface area contributed by atoms with Gasteiger partial charge in [-0.3, -0.25) is 8.42 Å². The topological polar surface area (TPSA) is 153 Å². The number of nitrogens with zero attached hydrogens (tertiary/aromatic N) is 5. The summed E-state index contributed by atoms with van der Waals surface area (Å²) >= 11 is 12.0. The van der Waals surface area contributed by atoms with E-state index in [1.165, 1.54) is 5.56 Å². The van der Waals surface area contributed by atoms with E-state index in [0.717, 1.165) is 72.9 Å². The average molecular weight is 779 g/mol. The van der Waals surface area contributed by atoms with Gasteiger partial charge in [0.15, 0.2) is 0 Å². The van der Waals surface area contributed by atoms with Crippen molar-refractivity contribution in [3.05, 3.63) is 51.5 Å². The van der Waals surface area contributed by atoms with Crippen molar-refractivity contribution in [1.29, 1.82) is 0 Å². The molecule has 3 aliphatic heterocycles. The van der Waals surface area contributed by atoms with Crippen molar-refractivity contribution in [2.24, 2.45) is 0 Å². The molecule has 2 aromatic heterocycles. The maximum Gasteiger partial charge on any atom is 0.227 e. The highest BCUT2D eigenvalue weighted by Gasteiger charge is 2.55. The number of hydrogen-bond acceptors (Lipinski definition) is 11. The number of aliphatic hydroxyl groups is 2. The maximum absolute atomic E-state index is 12.7. The van der Waals surface area contributed by atoms with Crippen LogP contribution in [0, 0.1) is 0 Å². The second kappa shape index (κ2) is 14.1. The molecule has 0 spiro atoms. The van der Waals surface area contributed by atoms with Gasteiger partial charge in [0, 0.05) is 42.5 Å². The number of aromatic nitrogens is 4. The Morgan fingerprint density at radius 1 is 0.765 bits per heavy atom. The van der Waals surface area contributed by atoms with E-state index >= 15 is 0 Å². The molecular formula is C36H49Cl2N7O4S2. The van der Waals surface area contributed by atoms with E-state index in [1.807, 2.05) is 26.0 Å². The first-order valence-corrected chi connectivity index (χ1v) is 20.7. The Morgan fingerprint density at radius 3 is 1.71 bits per heavy atom. The molecule has 0 amide bonds. The van der Waals surface area contributed by atoms with Gasteiger partial charge in [0.05, 0.1) is 55.3 Å². The fourth-order valence-electron chi connectivity index (χ4n) is 7.29. The third kappa shape index (κ3) is 7.66. The molecule has 5 heterocycles. The van der Waals surface area contributed by atoms with Crippen LogP contribution in [0.4, 0.5) is 17.6 Å². The van der Waals surface area contributed by atoms with Crippen LogP contribution in [0.15, 0.2) is 34.1 Å². The van der Waals surface area contributed by atoms with E-state index in [-0.39, 0.29) is 12.7 Å². The Bertz CT molecular complexity index is 1830. The Kier molecular flexibility index (Phi) is 10.6. The Hall–Kier alpha value is -2.42. The molecule has 0 radical (unpaired) electrons. The van der Waals surface area contributed by atoms with Crippen molar-refractivity contribution in [2.45, 2.75) is 124 Å². The van der Waals surface area contributed by atoms with Crippen molar-refractivity contribution in [1.82, 2.24) is 19.9 Å². The molecule has 5 aliphatic rings. The third-order valence-corrected chi connectivity index (χ3v) is 14.4. The predicted octanol–water partition coefficient (Wildman–Crippen LogP) is 6.04. The molecule has 51 heavy (non-hydrogen) atoms. The minimum atomic E-state index is -1.09. The molecule has 1 saturated heterocycles. The molecule has 1 aromatic carbocycles. The minimum absolute atomic E-state index is 0. The largest absolute Gasteiger partial charge is 0.388 e. The van der Waals surface area contributed by atoms with E-state index in [9.17, 15) is 18.6 Å². The average Bonchev–Trinajstić information content (AvgIpc) is 3.96. The van der Waals surface area contributed by atoms with Crippen LogP contribution in [0.5, 0.6) is 0 Å². The first kappa shape index (κ1) is 38.3. The van der Waals surface area contributed by atoms with Gasteiger partial charge in [-0.05, 0) is 101 Å². The van der Waals surface area contributed by atoms with Crippen molar-refractivity contribution < 1.29 is 18.6 Å². The highest BCUT2D eigenvalue weighted by Crippen LogP contribution is 2.49. The summed E-state index contributed by atoms with van der Waals surface area (Å²) in [5, 5.41) is 28.6. The van der Waals surface area contributed by atoms with Crippen LogP contribution >= 0.6 is 23.2 Å². The van der Waals surface area contributed by atoms with E-state index in [2.05, 4.69) is 37.6 Å². The Balaban J connectivity index is 0.000000192. The van der Waals surface area contributed by atoms with Crippen molar-refractivity contribution in [3.63, 3.8) is 0 Å². The highest BCUT2D eigenvalue weighted by atomic mass is 35.5. The molecule has 278 valence electrons. The maximum atomic E-state index is 12.7. The summed E-state index contributed by atoms with van der Waals surface area (Å²) in [6.45, 7) is 8.96. The van der Waals surface area contributed by atoms with Gasteiger partial charge in [0.1, 0.15) is 21.4 Å². The second-order valence-electron chi connectivity index (χ2n) is 15.2. The normalized spacial score (nSPS) is 22.9. The second-order valence-corrected chi connectivity index (χ2v) is 19.0. The van der Waals surface area contributed by atoms with Gasteiger partial charge in [-0.2, -0.15) is 9.97 Å². The lowest BCUT2D eigenvalue weighted by atomic mass is 9.89. The molecule has 3 aromatic rings. The van der Waals surface area contributed by atoms with Crippen LogP contribution in [-0.4, -0.2) is 85.4 Å². The summed E-state index contributed by atoms with van der Waals surface area (Å²) in [7, 11) is -2.17. The summed E-state index contributed by atoms with van der Waals surface area (Å²) in [5.41, 5.74) is 0.438. The smallest absolute Gasteiger partial charge is 0.227 e. The number of aryl methyl sites for hydroxylation is 2. The van der Waals surface area contributed by atoms with Gasteiger partial charge in [-0.15, -0.1) is 0 Å². The molecule has 15 heteroatoms. The summed E-state index contributed by atoms with van der Waals surface area (Å²) in [6, 6.07) is 8.16. The van der Waals surface area contributed by atoms with E-state index < -0.39 is 43.9 Å². The zero-order chi connectivity index (χ0) is 35.6. The number of nitrogens with one attached hydrogen (secondary N) is 2. The highest BCUT2D eigenvalue weighted by molar-refractivity contribution is 7.85. The standard InChI is InChI=1S/C23H29ClN4O2S.C12H16ClN3O2S.CH4/c1-22(2,29)23(10-11-23)27-20-19-18(9-14-31(19)30)25-21(26-20)28-12-7-16(8-13-28)15-3-5-17(24)6-4-15;1-11(2,17)12(4-5-12)16-9-8-7(3-6-19(8)18)14-10(13)15-9;/h3-6,16,29H,7-14H2,1-2H3,(H,25,26,27);17H,3-6H2,1-2H3,(H,14,15,16);1H4. The summed E-state index contributed by atoms with van der Waals surface area (Å²) in [6.07, 6.45) is 6.92. The number of piperidine rings is 1. The Labute approximate surface area is 315 Å². The lowest BCUT2D eigenvalue weighted by Crippen LogP contribution is -2.45. The van der Waals surface area contributed by atoms with Gasteiger partial charge in [-0.1, -0.05) is 31.2 Å².